The Morgan fingerprint density at radius 3 is 2.53 bits per heavy atom. The number of furan rings is 1. The second-order valence-electron chi connectivity index (χ2n) is 6.94. The third-order valence-corrected chi connectivity index (χ3v) is 5.95. The lowest BCUT2D eigenvalue weighted by atomic mass is 10.2. The number of benzene rings is 2. The van der Waals surface area contributed by atoms with Gasteiger partial charge in [0.05, 0.1) is 23.5 Å². The van der Waals surface area contributed by atoms with Gasteiger partial charge >= 0.3 is 0 Å². The van der Waals surface area contributed by atoms with Gasteiger partial charge in [-0.25, -0.2) is 0 Å². The molecule has 1 fully saturated rings. The summed E-state index contributed by atoms with van der Waals surface area (Å²) in [6.45, 7) is 0.820. The predicted molar refractivity (Wildman–Crippen MR) is 117 cm³/mol. The molecule has 1 aliphatic heterocycles. The third-order valence-electron chi connectivity index (χ3n) is 4.74. The molecule has 6 nitrogen and oxygen atoms in total. The minimum Gasteiger partial charge on any atom is -0.472 e. The fourth-order valence-corrected chi connectivity index (χ4v) is 4.33. The van der Waals surface area contributed by atoms with Crippen molar-refractivity contribution in [2.75, 3.05) is 23.0 Å². The Labute approximate surface area is 179 Å². The summed E-state index contributed by atoms with van der Waals surface area (Å²) >= 11 is 1.64. The van der Waals surface area contributed by atoms with Crippen LogP contribution in [0.5, 0.6) is 0 Å². The zero-order chi connectivity index (χ0) is 20.8. The van der Waals surface area contributed by atoms with Crippen LogP contribution in [0.3, 0.4) is 0 Å². The summed E-state index contributed by atoms with van der Waals surface area (Å²) in [5.74, 6) is 0.367. The van der Waals surface area contributed by atoms with Crippen LogP contribution in [0.1, 0.15) is 33.6 Å². The van der Waals surface area contributed by atoms with E-state index in [1.807, 2.05) is 24.3 Å². The molecule has 2 aromatic carbocycles. The molecule has 0 bridgehead atoms. The van der Waals surface area contributed by atoms with E-state index in [9.17, 15) is 9.59 Å². The van der Waals surface area contributed by atoms with Crippen molar-refractivity contribution in [3.63, 3.8) is 0 Å². The van der Waals surface area contributed by atoms with Crippen LogP contribution >= 0.6 is 11.8 Å². The minimum atomic E-state index is -0.275. The van der Waals surface area contributed by atoms with Gasteiger partial charge in [0.2, 0.25) is 0 Å². The van der Waals surface area contributed by atoms with E-state index in [-0.39, 0.29) is 17.9 Å². The van der Waals surface area contributed by atoms with Crippen LogP contribution in [0.25, 0.3) is 0 Å². The zero-order valence-corrected chi connectivity index (χ0v) is 17.1. The van der Waals surface area contributed by atoms with Crippen LogP contribution in [-0.4, -0.2) is 30.3 Å². The van der Waals surface area contributed by atoms with E-state index in [4.69, 9.17) is 9.15 Å². The molecular formula is C23H22N2O4S. The van der Waals surface area contributed by atoms with E-state index in [2.05, 4.69) is 10.6 Å². The van der Waals surface area contributed by atoms with E-state index in [0.29, 0.717) is 22.5 Å². The van der Waals surface area contributed by atoms with Crippen molar-refractivity contribution in [2.24, 2.45) is 0 Å². The molecule has 3 aromatic rings. The largest absolute Gasteiger partial charge is 0.472 e. The topological polar surface area (TPSA) is 80.6 Å². The van der Waals surface area contributed by atoms with Crippen molar-refractivity contribution in [2.45, 2.75) is 23.8 Å². The summed E-state index contributed by atoms with van der Waals surface area (Å²) in [6, 6.07) is 16.2. The van der Waals surface area contributed by atoms with Crippen LogP contribution in [0.4, 0.5) is 11.4 Å². The number of nitrogens with one attached hydrogen (secondary N) is 2. The van der Waals surface area contributed by atoms with Crippen molar-refractivity contribution in [1.82, 2.24) is 0 Å². The fraction of sp³-hybridized carbons (Fsp3) is 0.217. The first-order valence-electron chi connectivity index (χ1n) is 9.77. The quantitative estimate of drug-likeness (QED) is 0.521. The number of hydrogen-bond donors (Lipinski definition) is 2. The first-order valence-corrected chi connectivity index (χ1v) is 10.8. The summed E-state index contributed by atoms with van der Waals surface area (Å²) in [5, 5.41) is 5.71. The number of anilines is 2. The van der Waals surface area contributed by atoms with Gasteiger partial charge in [-0.05, 0) is 49.2 Å². The van der Waals surface area contributed by atoms with Gasteiger partial charge in [0, 0.05) is 28.6 Å². The summed E-state index contributed by atoms with van der Waals surface area (Å²) in [6.07, 6.45) is 5.24. The summed E-state index contributed by atoms with van der Waals surface area (Å²) in [7, 11) is 0. The Bertz CT molecular complexity index is 1010. The molecule has 0 spiro atoms. The molecule has 4 rings (SSSR count). The standard InChI is InChI=1S/C23H22N2O4S/c26-22(16-10-12-28-14-16)24-17-5-3-6-18(13-17)25-23(27)20-8-1-2-9-21(20)30-15-19-7-4-11-29-19/h1-3,5-6,8-10,12-14,19H,4,7,11,15H2,(H,24,26)(H,25,27). The van der Waals surface area contributed by atoms with Crippen molar-refractivity contribution < 1.29 is 18.7 Å². The minimum absolute atomic E-state index is 0.191. The molecule has 154 valence electrons. The van der Waals surface area contributed by atoms with Crippen LogP contribution in [0, 0.1) is 0 Å². The van der Waals surface area contributed by atoms with E-state index < -0.39 is 0 Å². The normalized spacial score (nSPS) is 15.7. The number of thioether (sulfide) groups is 1. The number of amides is 2. The first kappa shape index (κ1) is 20.3. The maximum Gasteiger partial charge on any atom is 0.258 e. The van der Waals surface area contributed by atoms with Crippen molar-refractivity contribution in [3.05, 3.63) is 78.3 Å². The molecule has 2 heterocycles. The Morgan fingerprint density at radius 2 is 1.80 bits per heavy atom. The monoisotopic (exact) mass is 422 g/mol. The molecule has 1 aromatic heterocycles. The Hall–Kier alpha value is -3.03. The highest BCUT2D eigenvalue weighted by molar-refractivity contribution is 7.99. The lowest BCUT2D eigenvalue weighted by molar-refractivity contribution is 0.101. The van der Waals surface area contributed by atoms with E-state index in [1.165, 1.54) is 12.5 Å². The molecule has 0 radical (unpaired) electrons. The van der Waals surface area contributed by atoms with E-state index in [0.717, 1.165) is 30.1 Å². The average Bonchev–Trinajstić information content (AvgIpc) is 3.47. The van der Waals surface area contributed by atoms with Gasteiger partial charge in [-0.2, -0.15) is 0 Å². The molecule has 2 amide bonds. The predicted octanol–water partition coefficient (Wildman–Crippen LogP) is 5.06. The maximum absolute atomic E-state index is 12.9. The Morgan fingerprint density at radius 1 is 1.00 bits per heavy atom. The summed E-state index contributed by atoms with van der Waals surface area (Å²) in [4.78, 5) is 26.0. The van der Waals surface area contributed by atoms with Crippen molar-refractivity contribution in [1.29, 1.82) is 0 Å². The number of carbonyl (C=O) groups excluding carboxylic acids is 2. The maximum atomic E-state index is 12.9. The number of rotatable bonds is 7. The van der Waals surface area contributed by atoms with E-state index in [1.54, 1.807) is 42.1 Å². The van der Waals surface area contributed by atoms with Gasteiger partial charge in [-0.15, -0.1) is 11.8 Å². The lowest BCUT2D eigenvalue weighted by Gasteiger charge is -2.13. The number of ether oxygens (including phenoxy) is 1. The molecule has 1 aliphatic rings. The molecule has 1 atom stereocenters. The molecule has 1 saturated heterocycles. The highest BCUT2D eigenvalue weighted by Crippen LogP contribution is 2.27. The molecule has 1 unspecified atom stereocenters. The summed E-state index contributed by atoms with van der Waals surface area (Å²) < 4.78 is 10.6. The third kappa shape index (κ3) is 5.11. The van der Waals surface area contributed by atoms with Gasteiger partial charge in [0.1, 0.15) is 6.26 Å². The number of hydrogen-bond acceptors (Lipinski definition) is 5. The van der Waals surface area contributed by atoms with Crippen LogP contribution in [-0.2, 0) is 4.74 Å². The van der Waals surface area contributed by atoms with Gasteiger partial charge < -0.3 is 19.8 Å². The van der Waals surface area contributed by atoms with Crippen molar-refractivity contribution in [3.8, 4) is 0 Å². The van der Waals surface area contributed by atoms with Gasteiger partial charge in [-0.1, -0.05) is 18.2 Å². The first-order chi connectivity index (χ1) is 14.7. The van der Waals surface area contributed by atoms with Crippen LogP contribution < -0.4 is 10.6 Å². The number of carbonyl (C=O) groups is 2. The Balaban J connectivity index is 1.42. The highest BCUT2D eigenvalue weighted by atomic mass is 32.2. The Kier molecular flexibility index (Phi) is 6.51. The second kappa shape index (κ2) is 9.65. The zero-order valence-electron chi connectivity index (χ0n) is 16.3. The SMILES string of the molecule is O=C(Nc1cccc(NC(=O)c2ccccc2SCC2CCCO2)c1)c1ccoc1. The smallest absolute Gasteiger partial charge is 0.258 e. The van der Waals surface area contributed by atoms with Gasteiger partial charge in [-0.3, -0.25) is 9.59 Å². The molecular weight excluding hydrogens is 400 g/mol. The summed E-state index contributed by atoms with van der Waals surface area (Å²) in [5.41, 5.74) is 2.24. The molecule has 0 aliphatic carbocycles. The van der Waals surface area contributed by atoms with Crippen LogP contribution in [0.15, 0.2) is 76.4 Å². The lowest BCUT2D eigenvalue weighted by Crippen LogP contribution is -2.15. The van der Waals surface area contributed by atoms with Gasteiger partial charge in [0.15, 0.2) is 0 Å². The average molecular weight is 423 g/mol. The molecule has 30 heavy (non-hydrogen) atoms. The highest BCUT2D eigenvalue weighted by Gasteiger charge is 2.18. The second-order valence-corrected chi connectivity index (χ2v) is 8.01. The molecule has 0 saturated carbocycles. The van der Waals surface area contributed by atoms with Crippen molar-refractivity contribution >= 4 is 35.0 Å². The fourth-order valence-electron chi connectivity index (χ4n) is 3.21. The van der Waals surface area contributed by atoms with Crippen LogP contribution in [0.2, 0.25) is 0 Å². The van der Waals surface area contributed by atoms with E-state index >= 15 is 0 Å². The molecule has 7 heteroatoms. The van der Waals surface area contributed by atoms with Gasteiger partial charge in [0.25, 0.3) is 11.8 Å². The molecule has 2 N–H and O–H groups in total.